The van der Waals surface area contributed by atoms with Crippen molar-refractivity contribution in [2.75, 3.05) is 60.3 Å². The Labute approximate surface area is 345 Å². The quantitative estimate of drug-likeness (QED) is 0.0694. The van der Waals surface area contributed by atoms with Gasteiger partial charge < -0.3 is 49.1 Å². The van der Waals surface area contributed by atoms with Crippen molar-refractivity contribution >= 4 is 63.4 Å². The fourth-order valence-electron chi connectivity index (χ4n) is 5.81. The summed E-state index contributed by atoms with van der Waals surface area (Å²) in [4.78, 5) is 63.3. The lowest BCUT2D eigenvalue weighted by atomic mass is 10.1. The average Bonchev–Trinajstić information content (AvgIpc) is 3.83. The zero-order valence-corrected chi connectivity index (χ0v) is 34.5. The van der Waals surface area contributed by atoms with Crippen LogP contribution in [0.15, 0.2) is 18.2 Å². The minimum Gasteiger partial charge on any atom is -0.493 e. The Bertz CT molecular complexity index is 1910. The van der Waals surface area contributed by atoms with Gasteiger partial charge in [0.05, 0.1) is 71.5 Å². The third-order valence-electron chi connectivity index (χ3n) is 8.68. The van der Waals surface area contributed by atoms with E-state index in [2.05, 4.69) is 5.32 Å². The topological polar surface area (TPSA) is 191 Å². The Hall–Kier alpha value is -4.78. The van der Waals surface area contributed by atoms with Gasteiger partial charge in [0.15, 0.2) is 40.4 Å². The zero-order chi connectivity index (χ0) is 41.5. The standard InChI is InChI=1S/C39H49F2N3O12S.ClH/c1-5-53-34(48)9-7-27(45)31-18-25-30(57-31)19-29(51-4)39(36(25)40)55-14-6-13-54-38-28(50-3)17-24-21-44(22-26(24)37(38)41)33(47)8-10-35(49)56-23(2)20-43-32(46)11-15-52-16-12-42;/h17-19,23H,5-16,20-22,42H2,1-4H3,(H,43,46);1H/t23-;/m0./s1. The van der Waals surface area contributed by atoms with Crippen LogP contribution in [0.25, 0.3) is 10.1 Å². The summed E-state index contributed by atoms with van der Waals surface area (Å²) in [7, 11) is 2.72. The maximum atomic E-state index is 15.8. The number of nitrogens with two attached hydrogens (primary N) is 1. The second kappa shape index (κ2) is 23.6. The zero-order valence-electron chi connectivity index (χ0n) is 32.9. The Morgan fingerprint density at radius 1 is 0.862 bits per heavy atom. The first-order valence-corrected chi connectivity index (χ1v) is 19.4. The number of fused-ring (bicyclic) bond motifs is 2. The molecular weight excluding hydrogens is 808 g/mol. The number of nitrogens with one attached hydrogen (secondary N) is 1. The van der Waals surface area contributed by atoms with Gasteiger partial charge in [0.1, 0.15) is 6.10 Å². The first kappa shape index (κ1) is 47.6. The van der Waals surface area contributed by atoms with Gasteiger partial charge in [-0.2, -0.15) is 0 Å². The highest BCUT2D eigenvalue weighted by molar-refractivity contribution is 7.20. The molecule has 0 aliphatic carbocycles. The fourth-order valence-corrected chi connectivity index (χ4v) is 6.87. The van der Waals surface area contributed by atoms with E-state index < -0.39 is 29.7 Å². The number of halogens is 3. The van der Waals surface area contributed by atoms with Crippen molar-refractivity contribution in [2.24, 2.45) is 5.73 Å². The number of benzene rings is 2. The second-order valence-corrected chi connectivity index (χ2v) is 14.0. The van der Waals surface area contributed by atoms with Gasteiger partial charge in [0.2, 0.25) is 11.8 Å². The summed E-state index contributed by atoms with van der Waals surface area (Å²) >= 11 is 1.08. The molecule has 0 spiro atoms. The van der Waals surface area contributed by atoms with Crippen molar-refractivity contribution in [2.45, 2.75) is 71.6 Å². The van der Waals surface area contributed by atoms with Crippen molar-refractivity contribution in [1.29, 1.82) is 0 Å². The molecule has 320 valence electrons. The van der Waals surface area contributed by atoms with E-state index in [0.29, 0.717) is 23.4 Å². The number of rotatable bonds is 24. The van der Waals surface area contributed by atoms with Gasteiger partial charge in [-0.05, 0) is 31.5 Å². The molecule has 2 heterocycles. The number of hydrogen-bond acceptors (Lipinski definition) is 14. The third-order valence-corrected chi connectivity index (χ3v) is 9.81. The highest BCUT2D eigenvalue weighted by Crippen LogP contribution is 2.41. The number of Topliss-reactive ketones (excluding diaryl/α,β-unsaturated/α-hetero) is 1. The summed E-state index contributed by atoms with van der Waals surface area (Å²) in [6, 6.07) is 4.58. The molecule has 1 aromatic heterocycles. The molecule has 3 aromatic rings. The lowest BCUT2D eigenvalue weighted by Crippen LogP contribution is -2.34. The Kier molecular flexibility index (Phi) is 19.4. The maximum absolute atomic E-state index is 15.8. The van der Waals surface area contributed by atoms with Crippen molar-refractivity contribution in [3.63, 3.8) is 0 Å². The first-order valence-electron chi connectivity index (χ1n) is 18.5. The van der Waals surface area contributed by atoms with Crippen LogP contribution in [-0.4, -0.2) is 101 Å². The van der Waals surface area contributed by atoms with Crippen LogP contribution < -0.4 is 30.0 Å². The minimum absolute atomic E-state index is 0. The van der Waals surface area contributed by atoms with Crippen LogP contribution in [0.3, 0.4) is 0 Å². The minimum atomic E-state index is -0.718. The molecule has 0 saturated carbocycles. The van der Waals surface area contributed by atoms with Crippen LogP contribution in [0.2, 0.25) is 0 Å². The molecule has 0 fully saturated rings. The van der Waals surface area contributed by atoms with Crippen LogP contribution in [0.4, 0.5) is 8.78 Å². The number of ketones is 1. The average molecular weight is 858 g/mol. The lowest BCUT2D eigenvalue weighted by molar-refractivity contribution is -0.150. The van der Waals surface area contributed by atoms with E-state index in [0.717, 1.165) is 11.3 Å². The van der Waals surface area contributed by atoms with E-state index in [1.54, 1.807) is 26.0 Å². The van der Waals surface area contributed by atoms with Crippen molar-refractivity contribution in [1.82, 2.24) is 10.2 Å². The summed E-state index contributed by atoms with van der Waals surface area (Å²) in [5.41, 5.74) is 6.12. The van der Waals surface area contributed by atoms with Crippen molar-refractivity contribution < 1.29 is 65.9 Å². The van der Waals surface area contributed by atoms with E-state index in [1.807, 2.05) is 0 Å². The summed E-state index contributed by atoms with van der Waals surface area (Å²) < 4.78 is 69.5. The number of carbonyl (C=O) groups excluding carboxylic acids is 5. The van der Waals surface area contributed by atoms with Gasteiger partial charge in [0, 0.05) is 67.0 Å². The normalized spacial score (nSPS) is 12.3. The number of amides is 2. The molecule has 15 nitrogen and oxygen atoms in total. The Morgan fingerprint density at radius 2 is 1.53 bits per heavy atom. The molecule has 4 rings (SSSR count). The molecule has 19 heteroatoms. The van der Waals surface area contributed by atoms with Crippen LogP contribution in [0.1, 0.15) is 73.2 Å². The summed E-state index contributed by atoms with van der Waals surface area (Å²) in [5.74, 6) is -3.53. The van der Waals surface area contributed by atoms with Gasteiger partial charge in [-0.25, -0.2) is 8.78 Å². The summed E-state index contributed by atoms with van der Waals surface area (Å²) in [6.45, 7) is 4.54. The third kappa shape index (κ3) is 13.1. The molecular formula is C39H50ClF2N3O12S. The predicted octanol–water partition coefficient (Wildman–Crippen LogP) is 5.03. The molecule has 1 aliphatic heterocycles. The molecule has 2 amide bonds. The largest absolute Gasteiger partial charge is 0.493 e. The highest BCUT2D eigenvalue weighted by Gasteiger charge is 2.31. The molecule has 58 heavy (non-hydrogen) atoms. The van der Waals surface area contributed by atoms with Crippen LogP contribution in [0, 0.1) is 11.6 Å². The fraction of sp³-hybridized carbons (Fsp3) is 0.513. The van der Waals surface area contributed by atoms with Gasteiger partial charge in [-0.3, -0.25) is 24.0 Å². The van der Waals surface area contributed by atoms with E-state index in [1.165, 1.54) is 25.2 Å². The van der Waals surface area contributed by atoms with Crippen LogP contribution in [-0.2, 0) is 46.5 Å². The molecule has 1 atom stereocenters. The molecule has 2 aromatic carbocycles. The molecule has 0 bridgehead atoms. The Balaban J connectivity index is 0.00000900. The van der Waals surface area contributed by atoms with Gasteiger partial charge in [-0.15, -0.1) is 23.7 Å². The second-order valence-electron chi connectivity index (χ2n) is 12.9. The van der Waals surface area contributed by atoms with Gasteiger partial charge in [0.25, 0.3) is 0 Å². The predicted molar refractivity (Wildman–Crippen MR) is 211 cm³/mol. The van der Waals surface area contributed by atoms with Crippen LogP contribution in [0.5, 0.6) is 23.0 Å². The van der Waals surface area contributed by atoms with Crippen molar-refractivity contribution in [3.8, 4) is 23.0 Å². The number of hydrogen-bond donors (Lipinski definition) is 2. The molecule has 0 unspecified atom stereocenters. The first-order chi connectivity index (χ1) is 27.4. The summed E-state index contributed by atoms with van der Waals surface area (Å²) in [6.07, 6.45) is -0.780. The highest BCUT2D eigenvalue weighted by atomic mass is 35.5. The number of methoxy groups -OCH3 is 2. The smallest absolute Gasteiger partial charge is 0.306 e. The molecule has 1 aliphatic rings. The number of carbonyl (C=O) groups is 5. The van der Waals surface area contributed by atoms with Gasteiger partial charge >= 0.3 is 11.9 Å². The maximum Gasteiger partial charge on any atom is 0.306 e. The number of thiophene rings is 1. The van der Waals surface area contributed by atoms with Crippen LogP contribution >= 0.6 is 23.7 Å². The molecule has 0 radical (unpaired) electrons. The number of ether oxygens (including phenoxy) is 7. The summed E-state index contributed by atoms with van der Waals surface area (Å²) in [5, 5.41) is 2.82. The molecule has 3 N–H and O–H groups in total. The SMILES string of the molecule is CCOC(=O)CCC(=O)c1cc2c(F)c(OCCCOc3c(OC)cc4c(c3F)CN(C(=O)CCC(=O)O[C@@H](C)CNC(=O)CCOCCN)C4)c(OC)cc2s1.Cl. The number of esters is 2. The monoisotopic (exact) mass is 857 g/mol. The van der Waals surface area contributed by atoms with E-state index in [4.69, 9.17) is 38.9 Å². The van der Waals surface area contributed by atoms with Gasteiger partial charge in [-0.1, -0.05) is 0 Å². The van der Waals surface area contributed by atoms with E-state index in [9.17, 15) is 24.0 Å². The Morgan fingerprint density at radius 3 is 2.21 bits per heavy atom. The van der Waals surface area contributed by atoms with E-state index >= 15 is 8.78 Å². The lowest BCUT2D eigenvalue weighted by Gasteiger charge is -2.17. The number of nitrogens with zero attached hydrogens (tertiary/aromatic N) is 1. The molecule has 0 saturated heterocycles. The van der Waals surface area contributed by atoms with Crippen molar-refractivity contribution in [3.05, 3.63) is 45.8 Å². The van der Waals surface area contributed by atoms with E-state index in [-0.39, 0.29) is 153 Å².